The van der Waals surface area contributed by atoms with Gasteiger partial charge in [0, 0.05) is 17.1 Å². The van der Waals surface area contributed by atoms with Gasteiger partial charge in [0.25, 0.3) is 0 Å². The van der Waals surface area contributed by atoms with Crippen LogP contribution in [0, 0.1) is 6.92 Å². The molecule has 0 fully saturated rings. The second kappa shape index (κ2) is 4.26. The van der Waals surface area contributed by atoms with Gasteiger partial charge in [0.05, 0.1) is 17.4 Å². The molecule has 0 aliphatic heterocycles. The van der Waals surface area contributed by atoms with Crippen molar-refractivity contribution in [1.82, 2.24) is 15.2 Å². The van der Waals surface area contributed by atoms with Gasteiger partial charge in [-0.05, 0) is 48.7 Å². The molecule has 1 N–H and O–H groups in total. The van der Waals surface area contributed by atoms with E-state index in [1.807, 2.05) is 12.4 Å². The summed E-state index contributed by atoms with van der Waals surface area (Å²) in [5.41, 5.74) is 5.79. The summed E-state index contributed by atoms with van der Waals surface area (Å²) >= 11 is 0. The molecule has 3 aromatic rings. The van der Waals surface area contributed by atoms with E-state index in [0.717, 1.165) is 28.6 Å². The molecule has 3 heteroatoms. The summed E-state index contributed by atoms with van der Waals surface area (Å²) in [4.78, 5) is 4.46. The number of benzene rings is 1. The lowest BCUT2D eigenvalue weighted by atomic mass is 10.0. The summed E-state index contributed by atoms with van der Waals surface area (Å²) in [6, 6.07) is 8.50. The van der Waals surface area contributed by atoms with Crippen LogP contribution >= 0.6 is 0 Å². The van der Waals surface area contributed by atoms with Gasteiger partial charge in [-0.3, -0.25) is 10.1 Å². The van der Waals surface area contributed by atoms with E-state index in [4.69, 9.17) is 0 Å². The fourth-order valence-corrected chi connectivity index (χ4v) is 2.24. The highest BCUT2D eigenvalue weighted by molar-refractivity contribution is 5.86. The van der Waals surface area contributed by atoms with Crippen molar-refractivity contribution in [2.75, 3.05) is 0 Å². The Morgan fingerprint density at radius 2 is 2.11 bits per heavy atom. The van der Waals surface area contributed by atoms with Crippen molar-refractivity contribution in [3.63, 3.8) is 0 Å². The number of rotatable bonds is 2. The van der Waals surface area contributed by atoms with Gasteiger partial charge >= 0.3 is 0 Å². The molecule has 0 unspecified atom stereocenters. The molecule has 90 valence electrons. The minimum absolute atomic E-state index is 1.03. The minimum atomic E-state index is 1.03. The Kier molecular flexibility index (Phi) is 2.59. The fraction of sp³-hybridized carbons (Fsp3) is 0.200. The van der Waals surface area contributed by atoms with Gasteiger partial charge in [0.1, 0.15) is 0 Å². The van der Waals surface area contributed by atoms with E-state index in [1.165, 1.54) is 11.1 Å². The summed E-state index contributed by atoms with van der Waals surface area (Å²) < 4.78 is 0. The maximum absolute atomic E-state index is 4.46. The van der Waals surface area contributed by atoms with E-state index in [1.54, 1.807) is 0 Å². The van der Waals surface area contributed by atoms with E-state index in [2.05, 4.69) is 53.3 Å². The number of fused-ring (bicyclic) bond motifs is 1. The van der Waals surface area contributed by atoms with Crippen molar-refractivity contribution in [3.05, 3.63) is 47.8 Å². The van der Waals surface area contributed by atoms with Gasteiger partial charge in [-0.1, -0.05) is 6.92 Å². The third-order valence-electron chi connectivity index (χ3n) is 3.27. The van der Waals surface area contributed by atoms with Gasteiger partial charge < -0.3 is 0 Å². The monoisotopic (exact) mass is 237 g/mol. The van der Waals surface area contributed by atoms with Crippen LogP contribution in [0.25, 0.3) is 22.2 Å². The molecule has 0 spiro atoms. The van der Waals surface area contributed by atoms with Gasteiger partial charge in [-0.2, -0.15) is 5.10 Å². The van der Waals surface area contributed by atoms with Gasteiger partial charge in [-0.15, -0.1) is 0 Å². The molecule has 18 heavy (non-hydrogen) atoms. The third-order valence-corrected chi connectivity index (χ3v) is 3.27. The number of nitrogens with zero attached hydrogens (tertiary/aromatic N) is 2. The molecular formula is C15H15N3. The molecule has 3 nitrogen and oxygen atoms in total. The van der Waals surface area contributed by atoms with Crippen LogP contribution in [0.5, 0.6) is 0 Å². The summed E-state index contributed by atoms with van der Waals surface area (Å²) in [5, 5.41) is 8.24. The quantitative estimate of drug-likeness (QED) is 0.741. The van der Waals surface area contributed by atoms with Crippen LogP contribution in [0.2, 0.25) is 0 Å². The summed E-state index contributed by atoms with van der Waals surface area (Å²) in [6.07, 6.45) is 4.76. The first-order valence-electron chi connectivity index (χ1n) is 6.17. The molecule has 0 saturated carbocycles. The van der Waals surface area contributed by atoms with Crippen LogP contribution < -0.4 is 0 Å². The molecule has 3 rings (SSSR count). The molecule has 0 atom stereocenters. The molecular weight excluding hydrogens is 222 g/mol. The summed E-state index contributed by atoms with van der Waals surface area (Å²) in [5.74, 6) is 0. The maximum Gasteiger partial charge on any atom is 0.0705 e. The molecule has 0 bridgehead atoms. The first-order valence-corrected chi connectivity index (χ1v) is 6.17. The number of hydrogen-bond acceptors (Lipinski definition) is 2. The lowest BCUT2D eigenvalue weighted by Gasteiger charge is -2.05. The van der Waals surface area contributed by atoms with E-state index in [-0.39, 0.29) is 0 Å². The van der Waals surface area contributed by atoms with Gasteiger partial charge in [0.2, 0.25) is 0 Å². The second-order valence-corrected chi connectivity index (χ2v) is 4.53. The van der Waals surface area contributed by atoms with Gasteiger partial charge in [0.15, 0.2) is 0 Å². The van der Waals surface area contributed by atoms with E-state index in [0.29, 0.717) is 0 Å². The highest BCUT2D eigenvalue weighted by Gasteiger charge is 2.06. The summed E-state index contributed by atoms with van der Waals surface area (Å²) in [7, 11) is 0. The van der Waals surface area contributed by atoms with Crippen LogP contribution in [0.3, 0.4) is 0 Å². The first-order chi connectivity index (χ1) is 8.78. The highest BCUT2D eigenvalue weighted by Crippen LogP contribution is 2.25. The largest absolute Gasteiger partial charge is 0.278 e. The van der Waals surface area contributed by atoms with Gasteiger partial charge in [-0.25, -0.2) is 0 Å². The van der Waals surface area contributed by atoms with Crippen LogP contribution in [0.15, 0.2) is 36.7 Å². The smallest absolute Gasteiger partial charge is 0.0705 e. The number of H-pyrrole nitrogens is 1. The number of aromatic nitrogens is 3. The van der Waals surface area contributed by atoms with Crippen LogP contribution in [-0.2, 0) is 6.42 Å². The highest BCUT2D eigenvalue weighted by atomic mass is 15.1. The van der Waals surface area contributed by atoms with Crippen LogP contribution in [0.1, 0.15) is 18.1 Å². The maximum atomic E-state index is 4.46. The average molecular weight is 237 g/mol. The zero-order valence-corrected chi connectivity index (χ0v) is 10.6. The number of pyridine rings is 1. The van der Waals surface area contributed by atoms with E-state index >= 15 is 0 Å². The SMILES string of the molecule is CCc1ccnc(-c2cc(C)c3[nH]ncc3c2)c1. The first kappa shape index (κ1) is 11.0. The predicted octanol–water partition coefficient (Wildman–Crippen LogP) is 3.50. The normalized spacial score (nSPS) is 11.0. The Morgan fingerprint density at radius 1 is 1.22 bits per heavy atom. The molecule has 0 radical (unpaired) electrons. The van der Waals surface area contributed by atoms with Crippen molar-refractivity contribution in [2.45, 2.75) is 20.3 Å². The minimum Gasteiger partial charge on any atom is -0.278 e. The standard InChI is InChI=1S/C15H15N3/c1-3-11-4-5-16-14(7-11)12-6-10(2)15-13(8-12)9-17-18-15/h4-9H,3H2,1-2H3,(H,17,18). The van der Waals surface area contributed by atoms with Crippen LogP contribution in [0.4, 0.5) is 0 Å². The zero-order chi connectivity index (χ0) is 12.5. The second-order valence-electron chi connectivity index (χ2n) is 4.53. The number of aryl methyl sites for hydroxylation is 2. The van der Waals surface area contributed by atoms with E-state index < -0.39 is 0 Å². The van der Waals surface area contributed by atoms with Crippen molar-refractivity contribution in [2.24, 2.45) is 0 Å². The van der Waals surface area contributed by atoms with Crippen molar-refractivity contribution in [3.8, 4) is 11.3 Å². The molecule has 2 heterocycles. The fourth-order valence-electron chi connectivity index (χ4n) is 2.24. The molecule has 0 saturated heterocycles. The Balaban J connectivity index is 2.18. The molecule has 0 amide bonds. The van der Waals surface area contributed by atoms with Crippen molar-refractivity contribution in [1.29, 1.82) is 0 Å². The zero-order valence-electron chi connectivity index (χ0n) is 10.6. The van der Waals surface area contributed by atoms with Crippen molar-refractivity contribution < 1.29 is 0 Å². The molecule has 0 aliphatic carbocycles. The molecule has 0 aliphatic rings. The third kappa shape index (κ3) is 1.78. The Morgan fingerprint density at radius 3 is 2.94 bits per heavy atom. The summed E-state index contributed by atoms with van der Waals surface area (Å²) in [6.45, 7) is 4.25. The molecule has 2 aromatic heterocycles. The topological polar surface area (TPSA) is 41.6 Å². The Bertz CT molecular complexity index is 698. The van der Waals surface area contributed by atoms with Crippen molar-refractivity contribution >= 4 is 10.9 Å². The predicted molar refractivity (Wildman–Crippen MR) is 73.4 cm³/mol. The number of hydrogen-bond donors (Lipinski definition) is 1. The lowest BCUT2D eigenvalue weighted by molar-refractivity contribution is 1.11. The number of nitrogens with one attached hydrogen (secondary N) is 1. The molecule has 1 aromatic carbocycles. The van der Waals surface area contributed by atoms with E-state index in [9.17, 15) is 0 Å². The number of aromatic amines is 1. The lowest BCUT2D eigenvalue weighted by Crippen LogP contribution is -1.88. The Labute approximate surface area is 106 Å². The average Bonchev–Trinajstić information content (AvgIpc) is 2.87. The Hall–Kier alpha value is -2.16. The van der Waals surface area contributed by atoms with Crippen LogP contribution in [-0.4, -0.2) is 15.2 Å².